The molecule has 35 heavy (non-hydrogen) atoms. The summed E-state index contributed by atoms with van der Waals surface area (Å²) in [7, 11) is 0. The molecule has 1 N–H and O–H groups in total. The van der Waals surface area contributed by atoms with Crippen LogP contribution in [0.15, 0.2) is 90.0 Å². The van der Waals surface area contributed by atoms with Gasteiger partial charge in [-0.25, -0.2) is 5.43 Å². The number of amides is 1. The zero-order valence-corrected chi connectivity index (χ0v) is 20.0. The number of carbonyl (C=O) groups is 1. The molecule has 0 spiro atoms. The first-order valence-electron chi connectivity index (χ1n) is 11.2. The third-order valence-electron chi connectivity index (χ3n) is 5.09. The zero-order valence-electron chi connectivity index (χ0n) is 19.2. The molecule has 0 aromatic heterocycles. The number of rotatable bonds is 10. The van der Waals surface area contributed by atoms with Gasteiger partial charge in [-0.05, 0) is 59.8 Å². The minimum Gasteiger partial charge on any atom is -0.490 e. The highest BCUT2D eigenvalue weighted by Gasteiger charge is 2.08. The van der Waals surface area contributed by atoms with Gasteiger partial charge in [0.2, 0.25) is 0 Å². The van der Waals surface area contributed by atoms with Gasteiger partial charge in [0.25, 0.3) is 5.91 Å². The number of nitrogens with zero attached hydrogens (tertiary/aromatic N) is 1. The molecule has 4 aromatic carbocycles. The van der Waals surface area contributed by atoms with E-state index in [9.17, 15) is 4.79 Å². The summed E-state index contributed by atoms with van der Waals surface area (Å²) in [6.07, 6.45) is 1.54. The van der Waals surface area contributed by atoms with E-state index in [1.54, 1.807) is 6.21 Å². The van der Waals surface area contributed by atoms with E-state index in [2.05, 4.69) is 10.5 Å². The molecule has 6 nitrogen and oxygen atoms in total. The first-order chi connectivity index (χ1) is 17.1. The van der Waals surface area contributed by atoms with Crippen LogP contribution >= 0.6 is 11.6 Å². The molecule has 4 aromatic rings. The molecular formula is C28H25ClN2O4. The molecule has 0 saturated heterocycles. The first-order valence-corrected chi connectivity index (χ1v) is 11.6. The van der Waals surface area contributed by atoms with Crippen LogP contribution in [0, 0.1) is 0 Å². The van der Waals surface area contributed by atoms with Crippen LogP contribution in [0.3, 0.4) is 0 Å². The van der Waals surface area contributed by atoms with Crippen molar-refractivity contribution in [1.82, 2.24) is 5.43 Å². The summed E-state index contributed by atoms with van der Waals surface area (Å²) >= 11 is 5.93. The van der Waals surface area contributed by atoms with E-state index in [4.69, 9.17) is 25.8 Å². The Morgan fingerprint density at radius 1 is 0.886 bits per heavy atom. The molecule has 1 amide bonds. The van der Waals surface area contributed by atoms with Crippen molar-refractivity contribution >= 4 is 34.5 Å². The molecule has 0 aliphatic carbocycles. The van der Waals surface area contributed by atoms with E-state index in [1.165, 1.54) is 0 Å². The SMILES string of the molecule is CCOc1cc(/C=N/NC(=O)COc2cccc3ccccc23)ccc1OCc1ccc(Cl)cc1. The fraction of sp³-hybridized carbons (Fsp3) is 0.143. The topological polar surface area (TPSA) is 69.2 Å². The summed E-state index contributed by atoms with van der Waals surface area (Å²) in [6.45, 7) is 2.63. The van der Waals surface area contributed by atoms with Crippen molar-refractivity contribution in [2.45, 2.75) is 13.5 Å². The minimum atomic E-state index is -0.359. The quantitative estimate of drug-likeness (QED) is 0.219. The Balaban J connectivity index is 1.33. The van der Waals surface area contributed by atoms with Gasteiger partial charge in [-0.15, -0.1) is 0 Å². The predicted octanol–water partition coefficient (Wildman–Crippen LogP) is 6.00. The van der Waals surface area contributed by atoms with E-state index in [1.807, 2.05) is 91.9 Å². The average molecular weight is 489 g/mol. The third kappa shape index (κ3) is 6.74. The summed E-state index contributed by atoms with van der Waals surface area (Å²) in [6, 6.07) is 26.5. The van der Waals surface area contributed by atoms with Crippen LogP contribution in [0.5, 0.6) is 17.2 Å². The standard InChI is InChI=1S/C28H25ClN2O4/c1-2-33-27-16-21(12-15-26(27)34-18-20-10-13-23(29)14-11-20)17-30-31-28(32)19-35-25-9-5-7-22-6-3-4-8-24(22)25/h3-17H,2,18-19H2,1H3,(H,31,32)/b30-17+. The van der Waals surface area contributed by atoms with Crippen molar-refractivity contribution < 1.29 is 19.0 Å². The van der Waals surface area contributed by atoms with Gasteiger partial charge in [0.05, 0.1) is 12.8 Å². The van der Waals surface area contributed by atoms with E-state index < -0.39 is 0 Å². The lowest BCUT2D eigenvalue weighted by Gasteiger charge is -2.12. The minimum absolute atomic E-state index is 0.146. The Morgan fingerprint density at radius 2 is 1.69 bits per heavy atom. The third-order valence-corrected chi connectivity index (χ3v) is 5.34. The second-order valence-electron chi connectivity index (χ2n) is 7.61. The van der Waals surface area contributed by atoms with Crippen LogP contribution in [0.2, 0.25) is 5.02 Å². The number of benzene rings is 4. The van der Waals surface area contributed by atoms with E-state index >= 15 is 0 Å². The van der Waals surface area contributed by atoms with E-state index in [0.717, 1.165) is 21.9 Å². The summed E-state index contributed by atoms with van der Waals surface area (Å²) in [5.41, 5.74) is 4.24. The average Bonchev–Trinajstić information content (AvgIpc) is 2.88. The van der Waals surface area contributed by atoms with Gasteiger partial charge < -0.3 is 14.2 Å². The molecule has 4 rings (SSSR count). The largest absolute Gasteiger partial charge is 0.490 e. The van der Waals surface area contributed by atoms with Crippen LogP contribution in [-0.4, -0.2) is 25.3 Å². The number of carbonyl (C=O) groups excluding carboxylic acids is 1. The smallest absolute Gasteiger partial charge is 0.277 e. The monoisotopic (exact) mass is 488 g/mol. The fourth-order valence-electron chi connectivity index (χ4n) is 3.41. The molecule has 0 radical (unpaired) electrons. The molecule has 0 fully saturated rings. The molecule has 0 saturated carbocycles. The van der Waals surface area contributed by atoms with Crippen LogP contribution < -0.4 is 19.6 Å². The van der Waals surface area contributed by atoms with Gasteiger partial charge in [0, 0.05) is 10.4 Å². The van der Waals surface area contributed by atoms with Crippen molar-refractivity contribution in [3.8, 4) is 17.2 Å². The second-order valence-corrected chi connectivity index (χ2v) is 8.05. The number of hydrazone groups is 1. The number of hydrogen-bond acceptors (Lipinski definition) is 5. The van der Waals surface area contributed by atoms with Gasteiger partial charge in [0.1, 0.15) is 12.4 Å². The van der Waals surface area contributed by atoms with Crippen molar-refractivity contribution in [1.29, 1.82) is 0 Å². The van der Waals surface area contributed by atoms with Crippen LogP contribution in [0.25, 0.3) is 10.8 Å². The highest BCUT2D eigenvalue weighted by atomic mass is 35.5. The number of hydrogen-bond donors (Lipinski definition) is 1. The maximum absolute atomic E-state index is 12.2. The molecule has 0 atom stereocenters. The van der Waals surface area contributed by atoms with Gasteiger partial charge in [-0.3, -0.25) is 4.79 Å². The summed E-state index contributed by atoms with van der Waals surface area (Å²) < 4.78 is 17.3. The molecule has 0 aliphatic heterocycles. The van der Waals surface area contributed by atoms with Crippen molar-refractivity contribution in [3.05, 3.63) is 101 Å². The molecular weight excluding hydrogens is 464 g/mol. The Kier molecular flexibility index (Phi) is 8.20. The Labute approximate surface area is 209 Å². The Morgan fingerprint density at radius 3 is 2.51 bits per heavy atom. The number of nitrogens with one attached hydrogen (secondary N) is 1. The highest BCUT2D eigenvalue weighted by Crippen LogP contribution is 2.29. The normalized spacial score (nSPS) is 10.9. The lowest BCUT2D eigenvalue weighted by Crippen LogP contribution is -2.24. The second kappa shape index (κ2) is 11.9. The van der Waals surface area contributed by atoms with Crippen LogP contribution in [0.4, 0.5) is 0 Å². The molecule has 0 unspecified atom stereocenters. The Hall–Kier alpha value is -4.03. The zero-order chi connectivity index (χ0) is 24.5. The predicted molar refractivity (Wildman–Crippen MR) is 139 cm³/mol. The lowest BCUT2D eigenvalue weighted by atomic mass is 10.1. The molecule has 0 bridgehead atoms. The van der Waals surface area contributed by atoms with Crippen LogP contribution in [0.1, 0.15) is 18.1 Å². The van der Waals surface area contributed by atoms with E-state index in [-0.39, 0.29) is 12.5 Å². The van der Waals surface area contributed by atoms with Gasteiger partial charge >= 0.3 is 0 Å². The number of halogens is 1. The highest BCUT2D eigenvalue weighted by molar-refractivity contribution is 6.30. The lowest BCUT2D eigenvalue weighted by molar-refractivity contribution is -0.123. The van der Waals surface area contributed by atoms with Crippen molar-refractivity contribution in [2.24, 2.45) is 5.10 Å². The van der Waals surface area contributed by atoms with E-state index in [0.29, 0.717) is 35.5 Å². The molecule has 0 aliphatic rings. The fourth-order valence-corrected chi connectivity index (χ4v) is 3.54. The van der Waals surface area contributed by atoms with Gasteiger partial charge in [-0.1, -0.05) is 60.1 Å². The number of ether oxygens (including phenoxy) is 3. The molecule has 0 heterocycles. The van der Waals surface area contributed by atoms with Gasteiger partial charge in [-0.2, -0.15) is 5.10 Å². The van der Waals surface area contributed by atoms with Crippen molar-refractivity contribution in [2.75, 3.05) is 13.2 Å². The van der Waals surface area contributed by atoms with Crippen molar-refractivity contribution in [3.63, 3.8) is 0 Å². The summed E-state index contributed by atoms with van der Waals surface area (Å²) in [4.78, 5) is 12.2. The van der Waals surface area contributed by atoms with Gasteiger partial charge in [0.15, 0.2) is 18.1 Å². The maximum Gasteiger partial charge on any atom is 0.277 e. The molecule has 178 valence electrons. The summed E-state index contributed by atoms with van der Waals surface area (Å²) in [5, 5.41) is 6.72. The first kappa shape index (κ1) is 24.1. The summed E-state index contributed by atoms with van der Waals surface area (Å²) in [5.74, 6) is 1.50. The van der Waals surface area contributed by atoms with Crippen LogP contribution in [-0.2, 0) is 11.4 Å². The number of fused-ring (bicyclic) bond motifs is 1. The Bertz CT molecular complexity index is 1320. The maximum atomic E-state index is 12.2. The molecule has 7 heteroatoms.